The highest BCUT2D eigenvalue weighted by Crippen LogP contribution is 2.38. The first-order valence-electron chi connectivity index (χ1n) is 8.47. The molecular formula is C18H14Cl3N3O5S. The van der Waals surface area contributed by atoms with E-state index in [1.807, 2.05) is 0 Å². The molecule has 0 saturated carbocycles. The van der Waals surface area contributed by atoms with Crippen LogP contribution in [0.3, 0.4) is 0 Å². The monoisotopic (exact) mass is 489 g/mol. The summed E-state index contributed by atoms with van der Waals surface area (Å²) in [5.74, 6) is -0.680. The van der Waals surface area contributed by atoms with E-state index >= 15 is 0 Å². The molecule has 2 aromatic rings. The molecule has 0 spiro atoms. The molecule has 0 aromatic heterocycles. The Bertz CT molecular complexity index is 1020. The molecule has 158 valence electrons. The third-order valence-electron chi connectivity index (χ3n) is 4.11. The van der Waals surface area contributed by atoms with Crippen LogP contribution in [0.15, 0.2) is 36.4 Å². The number of nitrogens with zero attached hydrogens (tertiary/aromatic N) is 2. The molecule has 8 nitrogen and oxygen atoms in total. The van der Waals surface area contributed by atoms with Gasteiger partial charge in [-0.3, -0.25) is 25.1 Å². The van der Waals surface area contributed by atoms with E-state index < -0.39 is 22.3 Å². The van der Waals surface area contributed by atoms with Gasteiger partial charge in [-0.15, -0.1) is 11.8 Å². The van der Waals surface area contributed by atoms with Gasteiger partial charge in [0, 0.05) is 18.2 Å². The fourth-order valence-electron chi connectivity index (χ4n) is 2.63. The van der Waals surface area contributed by atoms with Crippen LogP contribution in [0.1, 0.15) is 17.9 Å². The molecule has 2 atom stereocenters. The molecule has 1 fully saturated rings. The zero-order chi connectivity index (χ0) is 22.0. The van der Waals surface area contributed by atoms with Gasteiger partial charge in [-0.05, 0) is 18.6 Å². The number of hydrazine groups is 1. The minimum absolute atomic E-state index is 0.107. The molecule has 1 aliphatic rings. The van der Waals surface area contributed by atoms with Crippen molar-refractivity contribution < 1.29 is 19.2 Å². The molecule has 1 saturated heterocycles. The largest absolute Gasteiger partial charge is 0.479 e. The number of nitro benzene ring substituents is 1. The summed E-state index contributed by atoms with van der Waals surface area (Å²) in [5.41, 5.74) is 2.93. The second-order valence-electron chi connectivity index (χ2n) is 6.21. The standard InChI is InChI=1S/C18H14Cl3N3O5S/c1-9(29-15-7-13(20)12(19)6-14(15)21)17(26)22-23-16(25)8-30-18(23)10-3-2-4-11(5-10)24(27)28/h2-7,9,18H,8H2,1H3,(H,22,26). The lowest BCUT2D eigenvalue weighted by Crippen LogP contribution is -2.49. The van der Waals surface area contributed by atoms with E-state index in [0.717, 1.165) is 5.01 Å². The Morgan fingerprint density at radius 2 is 1.97 bits per heavy atom. The Balaban J connectivity index is 1.74. The highest BCUT2D eigenvalue weighted by atomic mass is 35.5. The minimum atomic E-state index is -1.02. The van der Waals surface area contributed by atoms with Crippen molar-refractivity contribution in [1.82, 2.24) is 10.4 Å². The van der Waals surface area contributed by atoms with Gasteiger partial charge in [0.05, 0.1) is 25.7 Å². The van der Waals surface area contributed by atoms with Gasteiger partial charge in [-0.1, -0.05) is 46.9 Å². The number of thioether (sulfide) groups is 1. The lowest BCUT2D eigenvalue weighted by molar-refractivity contribution is -0.384. The highest BCUT2D eigenvalue weighted by Gasteiger charge is 2.36. The summed E-state index contributed by atoms with van der Waals surface area (Å²) in [4.78, 5) is 35.4. The number of halogens is 3. The SMILES string of the molecule is CC(Oc1cc(Cl)c(Cl)cc1Cl)C(=O)NN1C(=O)CSC1c1cccc([N+](=O)[O-])c1. The average molecular weight is 491 g/mol. The first kappa shape index (κ1) is 22.5. The van der Waals surface area contributed by atoms with Crippen LogP contribution in [0, 0.1) is 10.1 Å². The van der Waals surface area contributed by atoms with Crippen molar-refractivity contribution in [3.05, 3.63) is 67.1 Å². The molecule has 3 rings (SSSR count). The fourth-order valence-corrected chi connectivity index (χ4v) is 4.31. The van der Waals surface area contributed by atoms with Crippen molar-refractivity contribution in [2.75, 3.05) is 5.75 Å². The smallest absolute Gasteiger partial charge is 0.279 e. The maximum atomic E-state index is 12.6. The fraction of sp³-hybridized carbons (Fsp3) is 0.222. The Kier molecular flexibility index (Phi) is 6.97. The van der Waals surface area contributed by atoms with Gasteiger partial charge in [0.1, 0.15) is 11.1 Å². The van der Waals surface area contributed by atoms with Crippen LogP contribution in [0.5, 0.6) is 5.75 Å². The molecule has 2 aromatic carbocycles. The van der Waals surface area contributed by atoms with Gasteiger partial charge in [0.2, 0.25) is 0 Å². The summed E-state index contributed by atoms with van der Waals surface area (Å²) in [7, 11) is 0. The number of nitrogens with one attached hydrogen (secondary N) is 1. The van der Waals surface area contributed by atoms with Gasteiger partial charge in [0.25, 0.3) is 17.5 Å². The van der Waals surface area contributed by atoms with Gasteiger partial charge < -0.3 is 4.74 Å². The molecule has 0 bridgehead atoms. The van der Waals surface area contributed by atoms with Crippen LogP contribution >= 0.6 is 46.6 Å². The van der Waals surface area contributed by atoms with E-state index in [-0.39, 0.29) is 38.2 Å². The number of non-ortho nitro benzene ring substituents is 1. The van der Waals surface area contributed by atoms with Crippen LogP contribution in [-0.2, 0) is 9.59 Å². The lowest BCUT2D eigenvalue weighted by Gasteiger charge is -2.26. The van der Waals surface area contributed by atoms with Crippen LogP contribution in [-0.4, -0.2) is 33.6 Å². The lowest BCUT2D eigenvalue weighted by atomic mass is 10.2. The molecule has 1 aliphatic heterocycles. The van der Waals surface area contributed by atoms with Gasteiger partial charge in [-0.25, -0.2) is 5.01 Å². The van der Waals surface area contributed by atoms with Crippen LogP contribution < -0.4 is 10.2 Å². The second-order valence-corrected chi connectivity index (χ2v) is 8.50. The summed E-state index contributed by atoms with van der Waals surface area (Å²) in [6, 6.07) is 8.67. The van der Waals surface area contributed by atoms with Crippen molar-refractivity contribution in [3.63, 3.8) is 0 Å². The molecule has 0 aliphatic carbocycles. The first-order chi connectivity index (χ1) is 14.2. The predicted molar refractivity (Wildman–Crippen MR) is 115 cm³/mol. The number of hydrogen-bond donors (Lipinski definition) is 1. The molecular weight excluding hydrogens is 477 g/mol. The normalized spacial score (nSPS) is 17.0. The van der Waals surface area contributed by atoms with Gasteiger partial charge in [0.15, 0.2) is 6.10 Å². The molecule has 1 N–H and O–H groups in total. The van der Waals surface area contributed by atoms with Crippen LogP contribution in [0.2, 0.25) is 15.1 Å². The number of amides is 2. The maximum absolute atomic E-state index is 12.6. The zero-order valence-electron chi connectivity index (χ0n) is 15.3. The average Bonchev–Trinajstić information content (AvgIpc) is 3.06. The van der Waals surface area contributed by atoms with Crippen LogP contribution in [0.4, 0.5) is 5.69 Å². The topological polar surface area (TPSA) is 102 Å². The number of ether oxygens (including phenoxy) is 1. The third kappa shape index (κ3) is 4.92. The quantitative estimate of drug-likeness (QED) is 0.360. The maximum Gasteiger partial charge on any atom is 0.279 e. The van der Waals surface area contributed by atoms with Gasteiger partial charge >= 0.3 is 0 Å². The van der Waals surface area contributed by atoms with E-state index in [0.29, 0.717) is 5.56 Å². The van der Waals surface area contributed by atoms with E-state index in [1.54, 1.807) is 6.07 Å². The second kappa shape index (κ2) is 9.30. The molecule has 12 heteroatoms. The van der Waals surface area contributed by atoms with Crippen molar-refractivity contribution in [2.24, 2.45) is 0 Å². The molecule has 2 unspecified atom stereocenters. The number of nitro groups is 1. The van der Waals surface area contributed by atoms with Crippen molar-refractivity contribution in [1.29, 1.82) is 0 Å². The Labute approximate surface area is 190 Å². The Morgan fingerprint density at radius 3 is 2.67 bits per heavy atom. The predicted octanol–water partition coefficient (Wildman–Crippen LogP) is 4.63. The summed E-state index contributed by atoms with van der Waals surface area (Å²) < 4.78 is 5.56. The summed E-state index contributed by atoms with van der Waals surface area (Å²) >= 11 is 19.1. The number of hydrogen-bond acceptors (Lipinski definition) is 6. The highest BCUT2D eigenvalue weighted by molar-refractivity contribution is 8.00. The summed E-state index contributed by atoms with van der Waals surface area (Å²) in [6.45, 7) is 1.48. The number of rotatable bonds is 6. The first-order valence-corrected chi connectivity index (χ1v) is 10.7. The Morgan fingerprint density at radius 1 is 1.27 bits per heavy atom. The number of carbonyl (C=O) groups is 2. The molecule has 1 heterocycles. The molecule has 0 radical (unpaired) electrons. The summed E-state index contributed by atoms with van der Waals surface area (Å²) in [5, 5.41) is 12.2. The molecule has 30 heavy (non-hydrogen) atoms. The van der Waals surface area contributed by atoms with E-state index in [4.69, 9.17) is 39.5 Å². The number of carbonyl (C=O) groups excluding carboxylic acids is 2. The number of benzene rings is 2. The molecule has 2 amide bonds. The van der Waals surface area contributed by atoms with E-state index in [9.17, 15) is 19.7 Å². The van der Waals surface area contributed by atoms with Crippen molar-refractivity contribution in [2.45, 2.75) is 18.4 Å². The van der Waals surface area contributed by atoms with E-state index in [1.165, 1.54) is 49.0 Å². The minimum Gasteiger partial charge on any atom is -0.479 e. The van der Waals surface area contributed by atoms with Crippen molar-refractivity contribution in [3.8, 4) is 5.75 Å². The van der Waals surface area contributed by atoms with Crippen LogP contribution in [0.25, 0.3) is 0 Å². The summed E-state index contributed by atoms with van der Waals surface area (Å²) in [6.07, 6.45) is -1.02. The third-order valence-corrected chi connectivity index (χ3v) is 6.34. The van der Waals surface area contributed by atoms with Crippen molar-refractivity contribution >= 4 is 64.1 Å². The zero-order valence-corrected chi connectivity index (χ0v) is 18.4. The van der Waals surface area contributed by atoms with Gasteiger partial charge in [-0.2, -0.15) is 0 Å². The van der Waals surface area contributed by atoms with E-state index in [2.05, 4.69) is 5.43 Å². The Hall–Kier alpha value is -2.20.